The van der Waals surface area contributed by atoms with Crippen molar-refractivity contribution in [3.05, 3.63) is 35.9 Å². The molecule has 0 bridgehead atoms. The van der Waals surface area contributed by atoms with E-state index in [1.54, 1.807) is 27.8 Å². The zero-order valence-corrected chi connectivity index (χ0v) is 13.1. The lowest BCUT2D eigenvalue weighted by molar-refractivity contribution is -0.121. The molecular formula is C16H24N2O3. The lowest BCUT2D eigenvalue weighted by Crippen LogP contribution is -2.42. The molecule has 0 fully saturated rings. The first-order valence-corrected chi connectivity index (χ1v) is 7.04. The molecule has 1 aromatic carbocycles. The summed E-state index contributed by atoms with van der Waals surface area (Å²) < 4.78 is 5.24. The standard InChI is InChI=1S/C16H24N2O3/c1-16(2,3)21-15(20)18-13(11-14(19)17-4)10-12-8-6-5-7-9-12/h5-9,13H,10-11H2,1-4H3,(H,17,19)(H,18,20)/t13-/m0/s1. The van der Waals surface area contributed by atoms with Crippen LogP contribution in [0.1, 0.15) is 32.8 Å². The van der Waals surface area contributed by atoms with Crippen LogP contribution in [0.4, 0.5) is 4.79 Å². The molecule has 0 aliphatic rings. The summed E-state index contributed by atoms with van der Waals surface area (Å²) in [7, 11) is 1.58. The normalized spacial score (nSPS) is 12.4. The van der Waals surface area contributed by atoms with E-state index in [9.17, 15) is 9.59 Å². The third kappa shape index (κ3) is 7.34. The number of hydrogen-bond acceptors (Lipinski definition) is 3. The fourth-order valence-corrected chi connectivity index (χ4v) is 1.87. The minimum Gasteiger partial charge on any atom is -0.444 e. The molecule has 2 amide bonds. The predicted octanol–water partition coefficient (Wildman–Crippen LogP) is 2.26. The summed E-state index contributed by atoms with van der Waals surface area (Å²) in [5.41, 5.74) is 0.497. The van der Waals surface area contributed by atoms with Crippen LogP contribution in [0.5, 0.6) is 0 Å². The van der Waals surface area contributed by atoms with Crippen LogP contribution in [-0.4, -0.2) is 30.7 Å². The van der Waals surface area contributed by atoms with Gasteiger partial charge in [-0.25, -0.2) is 4.79 Å². The maximum Gasteiger partial charge on any atom is 0.407 e. The van der Waals surface area contributed by atoms with Crippen LogP contribution in [-0.2, 0) is 16.0 Å². The lowest BCUT2D eigenvalue weighted by atomic mass is 10.0. The summed E-state index contributed by atoms with van der Waals surface area (Å²) >= 11 is 0. The Morgan fingerprint density at radius 2 is 1.81 bits per heavy atom. The zero-order valence-electron chi connectivity index (χ0n) is 13.1. The van der Waals surface area contributed by atoms with E-state index in [2.05, 4.69) is 10.6 Å². The van der Waals surface area contributed by atoms with E-state index in [-0.39, 0.29) is 18.4 Å². The molecule has 0 unspecified atom stereocenters. The van der Waals surface area contributed by atoms with Gasteiger partial charge < -0.3 is 15.4 Å². The SMILES string of the molecule is CNC(=O)C[C@H](Cc1ccccc1)NC(=O)OC(C)(C)C. The molecule has 0 radical (unpaired) electrons. The molecule has 5 heteroatoms. The third-order valence-electron chi connectivity index (χ3n) is 2.76. The number of carbonyl (C=O) groups excluding carboxylic acids is 2. The van der Waals surface area contributed by atoms with Crippen molar-refractivity contribution >= 4 is 12.0 Å². The Balaban J connectivity index is 2.68. The lowest BCUT2D eigenvalue weighted by Gasteiger charge is -2.23. The molecular weight excluding hydrogens is 268 g/mol. The molecule has 0 aliphatic carbocycles. The molecule has 1 atom stereocenters. The number of ether oxygens (including phenoxy) is 1. The molecule has 5 nitrogen and oxygen atoms in total. The second kappa shape index (κ2) is 7.67. The number of alkyl carbamates (subject to hydrolysis) is 1. The van der Waals surface area contributed by atoms with E-state index in [1.807, 2.05) is 30.3 Å². The van der Waals surface area contributed by atoms with Gasteiger partial charge in [0.2, 0.25) is 5.91 Å². The van der Waals surface area contributed by atoms with Crippen molar-refractivity contribution < 1.29 is 14.3 Å². The Bertz CT molecular complexity index is 466. The average Bonchev–Trinajstić information content (AvgIpc) is 2.37. The Morgan fingerprint density at radius 1 is 1.19 bits per heavy atom. The molecule has 0 spiro atoms. The van der Waals surface area contributed by atoms with E-state index in [4.69, 9.17) is 4.74 Å². The van der Waals surface area contributed by atoms with Crippen LogP contribution >= 0.6 is 0 Å². The Kier molecular flexibility index (Phi) is 6.21. The van der Waals surface area contributed by atoms with Crippen LogP contribution in [0.2, 0.25) is 0 Å². The van der Waals surface area contributed by atoms with Gasteiger partial charge in [0.1, 0.15) is 5.60 Å². The highest BCUT2D eigenvalue weighted by atomic mass is 16.6. The second-order valence-corrected chi connectivity index (χ2v) is 5.91. The molecule has 1 rings (SSSR count). The molecule has 0 saturated heterocycles. The van der Waals surface area contributed by atoms with Crippen LogP contribution in [0.25, 0.3) is 0 Å². The van der Waals surface area contributed by atoms with Gasteiger partial charge in [0.15, 0.2) is 0 Å². The largest absolute Gasteiger partial charge is 0.444 e. The van der Waals surface area contributed by atoms with E-state index in [0.29, 0.717) is 6.42 Å². The minimum atomic E-state index is -0.561. The highest BCUT2D eigenvalue weighted by Gasteiger charge is 2.21. The number of benzene rings is 1. The van der Waals surface area contributed by atoms with Crippen molar-refractivity contribution in [1.29, 1.82) is 0 Å². The number of nitrogens with one attached hydrogen (secondary N) is 2. The van der Waals surface area contributed by atoms with Crippen LogP contribution in [0, 0.1) is 0 Å². The summed E-state index contributed by atoms with van der Waals surface area (Å²) in [6.07, 6.45) is 0.283. The van der Waals surface area contributed by atoms with Gasteiger partial charge in [-0.05, 0) is 32.8 Å². The maximum atomic E-state index is 11.9. The first-order valence-electron chi connectivity index (χ1n) is 7.04. The monoisotopic (exact) mass is 292 g/mol. The summed E-state index contributed by atoms with van der Waals surface area (Å²) in [6, 6.07) is 9.42. The van der Waals surface area contributed by atoms with Gasteiger partial charge in [-0.1, -0.05) is 30.3 Å². The van der Waals surface area contributed by atoms with E-state index in [0.717, 1.165) is 5.56 Å². The highest BCUT2D eigenvalue weighted by molar-refractivity contribution is 5.77. The average molecular weight is 292 g/mol. The van der Waals surface area contributed by atoms with Crippen LogP contribution in [0.3, 0.4) is 0 Å². The Hall–Kier alpha value is -2.04. The van der Waals surface area contributed by atoms with Crippen molar-refractivity contribution in [1.82, 2.24) is 10.6 Å². The fraction of sp³-hybridized carbons (Fsp3) is 0.500. The molecule has 1 aromatic rings. The number of amides is 2. The van der Waals surface area contributed by atoms with Crippen molar-refractivity contribution in [2.24, 2.45) is 0 Å². The number of rotatable bonds is 5. The second-order valence-electron chi connectivity index (χ2n) is 5.91. The summed E-state index contributed by atoms with van der Waals surface area (Å²) in [5, 5.41) is 5.34. The molecule has 116 valence electrons. The van der Waals surface area contributed by atoms with Gasteiger partial charge in [0.05, 0.1) is 0 Å². The van der Waals surface area contributed by atoms with E-state index in [1.165, 1.54) is 0 Å². The summed E-state index contributed by atoms with van der Waals surface area (Å²) in [5.74, 6) is -0.119. The topological polar surface area (TPSA) is 67.4 Å². The molecule has 2 N–H and O–H groups in total. The minimum absolute atomic E-state index is 0.119. The van der Waals surface area contributed by atoms with Crippen molar-refractivity contribution in [2.75, 3.05) is 7.05 Å². The number of carbonyl (C=O) groups is 2. The van der Waals surface area contributed by atoms with Gasteiger partial charge in [-0.2, -0.15) is 0 Å². The van der Waals surface area contributed by atoms with Crippen molar-refractivity contribution in [2.45, 2.75) is 45.3 Å². The highest BCUT2D eigenvalue weighted by Crippen LogP contribution is 2.10. The molecule has 0 aromatic heterocycles. The Morgan fingerprint density at radius 3 is 2.33 bits per heavy atom. The van der Waals surface area contributed by atoms with Crippen LogP contribution < -0.4 is 10.6 Å². The smallest absolute Gasteiger partial charge is 0.407 e. The van der Waals surface area contributed by atoms with Crippen molar-refractivity contribution in [3.8, 4) is 0 Å². The Labute approximate surface area is 126 Å². The third-order valence-corrected chi connectivity index (χ3v) is 2.76. The molecule has 21 heavy (non-hydrogen) atoms. The maximum absolute atomic E-state index is 11.9. The molecule has 0 saturated carbocycles. The summed E-state index contributed by atoms with van der Waals surface area (Å²) in [6.45, 7) is 5.41. The zero-order chi connectivity index (χ0) is 15.9. The van der Waals surface area contributed by atoms with Gasteiger partial charge in [0, 0.05) is 19.5 Å². The van der Waals surface area contributed by atoms with Gasteiger partial charge >= 0.3 is 6.09 Å². The van der Waals surface area contributed by atoms with E-state index < -0.39 is 11.7 Å². The first-order chi connectivity index (χ1) is 9.80. The van der Waals surface area contributed by atoms with Gasteiger partial charge in [-0.15, -0.1) is 0 Å². The van der Waals surface area contributed by atoms with Crippen molar-refractivity contribution in [3.63, 3.8) is 0 Å². The first kappa shape index (κ1) is 17.0. The van der Waals surface area contributed by atoms with E-state index >= 15 is 0 Å². The summed E-state index contributed by atoms with van der Waals surface area (Å²) in [4.78, 5) is 23.4. The quantitative estimate of drug-likeness (QED) is 0.874. The molecule has 0 heterocycles. The predicted molar refractivity (Wildman–Crippen MR) is 82.0 cm³/mol. The van der Waals surface area contributed by atoms with Gasteiger partial charge in [-0.3, -0.25) is 4.79 Å². The fourth-order valence-electron chi connectivity index (χ4n) is 1.87. The number of hydrogen-bond donors (Lipinski definition) is 2. The molecule has 0 aliphatic heterocycles. The van der Waals surface area contributed by atoms with Crippen LogP contribution in [0.15, 0.2) is 30.3 Å². The van der Waals surface area contributed by atoms with Gasteiger partial charge in [0.25, 0.3) is 0 Å².